The van der Waals surface area contributed by atoms with E-state index in [1.165, 1.54) is 12.0 Å². The van der Waals surface area contributed by atoms with Crippen LogP contribution in [0.15, 0.2) is 90.2 Å². The summed E-state index contributed by atoms with van der Waals surface area (Å²) in [5, 5.41) is 10.6. The molecule has 2 N–H and O–H groups in total. The number of azide groups is 1. The van der Waals surface area contributed by atoms with Gasteiger partial charge in [-0.3, -0.25) is 24.1 Å². The molecule has 0 fully saturated rings. The van der Waals surface area contributed by atoms with Crippen LogP contribution >= 0.6 is 0 Å². The number of carbonyl (C=O) groups is 5. The number of hydrogen-bond acceptors (Lipinski definition) is 15. The largest absolute Gasteiger partial charge is 0.491 e. The van der Waals surface area contributed by atoms with E-state index < -0.39 is 54.0 Å². The van der Waals surface area contributed by atoms with E-state index in [0.29, 0.717) is 76.6 Å². The Kier molecular flexibility index (Phi) is 26.5. The van der Waals surface area contributed by atoms with Crippen molar-refractivity contribution in [1.82, 2.24) is 15.6 Å². The van der Waals surface area contributed by atoms with Gasteiger partial charge in [0.15, 0.2) is 0 Å². The molecule has 386 valence electrons. The highest BCUT2D eigenvalue weighted by molar-refractivity contribution is 5.99. The van der Waals surface area contributed by atoms with Gasteiger partial charge in [-0.1, -0.05) is 60.3 Å². The average molecular weight is 988 g/mol. The number of aryl methyl sites for hydroxylation is 1. The molecule has 2 atom stereocenters. The molecule has 20 heteroatoms. The van der Waals surface area contributed by atoms with E-state index in [4.69, 9.17) is 43.4 Å². The molecule has 2 aromatic carbocycles. The van der Waals surface area contributed by atoms with Gasteiger partial charge in [0.1, 0.15) is 29.8 Å². The molecule has 0 aliphatic heterocycles. The molecule has 3 rings (SSSR count). The van der Waals surface area contributed by atoms with Crippen LogP contribution < -0.4 is 20.3 Å². The molecule has 3 aromatic rings. The van der Waals surface area contributed by atoms with Crippen molar-refractivity contribution >= 4 is 52.0 Å². The number of ether oxygens (including phenoxy) is 8. The van der Waals surface area contributed by atoms with Gasteiger partial charge in [0.25, 0.3) is 0 Å². The number of benzene rings is 2. The standard InChI is InChI=1S/C51H69N7O13/c1-9-38(39-18-19-44(41-14-11-10-13-40(39)41)70-32-31-69-30-29-68-28-27-67-26-25-66-24-22-54-57-52)17-16-37(3)42(34-47(60)64-7)56-49(62)43(35-48(61)65-8)55-46(59)15-12-23-58(50(63)71-51(4,5)6)45-33-36(2)20-21-53-45/h9-11,13-14,16-21,33,42-43H,3,12,15,22-32,34-35H2,1-2,4-8H3,(H,55,59)(H,56,62)/b17-16-,38-9+/t42-,43-/m0/s1. The molecule has 0 aliphatic rings. The zero-order valence-electron chi connectivity index (χ0n) is 41.9. The minimum Gasteiger partial charge on any atom is -0.491 e. The lowest BCUT2D eigenvalue weighted by atomic mass is 9.95. The summed E-state index contributed by atoms with van der Waals surface area (Å²) in [7, 11) is 2.38. The fourth-order valence-electron chi connectivity index (χ4n) is 6.63. The van der Waals surface area contributed by atoms with Crippen molar-refractivity contribution in [3.8, 4) is 5.75 Å². The SMILES string of the molecule is C=C(/C=C\C(=C/C)c1ccc(OCCOCCOCCOCCOCCN=[N+]=[N-])c2ccccc12)[C@H](CC(=O)OC)NC(=O)[C@H](CC(=O)OC)NC(=O)CCCN(C(=O)OC(C)(C)C)c1cc(C)ccn1. The van der Waals surface area contributed by atoms with Crippen LogP contribution in [0.5, 0.6) is 5.75 Å². The summed E-state index contributed by atoms with van der Waals surface area (Å²) in [5.74, 6) is -1.71. The molecule has 71 heavy (non-hydrogen) atoms. The van der Waals surface area contributed by atoms with E-state index in [1.54, 1.807) is 45.2 Å². The van der Waals surface area contributed by atoms with Gasteiger partial charge >= 0.3 is 18.0 Å². The van der Waals surface area contributed by atoms with Crippen LogP contribution in [0, 0.1) is 6.92 Å². The Morgan fingerprint density at radius 3 is 2.01 bits per heavy atom. The first kappa shape index (κ1) is 58.5. The van der Waals surface area contributed by atoms with E-state index in [2.05, 4.69) is 32.2 Å². The van der Waals surface area contributed by atoms with Crippen LogP contribution in [0.3, 0.4) is 0 Å². The monoisotopic (exact) mass is 987 g/mol. The maximum Gasteiger partial charge on any atom is 0.416 e. The molecular formula is C51H69N7O13. The highest BCUT2D eigenvalue weighted by Crippen LogP contribution is 2.33. The number of anilines is 1. The van der Waals surface area contributed by atoms with Gasteiger partial charge in [-0.2, -0.15) is 0 Å². The zero-order chi connectivity index (χ0) is 52.0. The van der Waals surface area contributed by atoms with Gasteiger partial charge in [0.05, 0.1) is 86.0 Å². The number of rotatable bonds is 32. The molecular weight excluding hydrogens is 919 g/mol. The smallest absolute Gasteiger partial charge is 0.416 e. The molecule has 0 unspecified atom stereocenters. The first-order valence-electron chi connectivity index (χ1n) is 23.3. The second-order valence-electron chi connectivity index (χ2n) is 16.7. The summed E-state index contributed by atoms with van der Waals surface area (Å²) < 4.78 is 43.4. The van der Waals surface area contributed by atoms with Crippen molar-refractivity contribution < 1.29 is 61.9 Å². The lowest BCUT2D eigenvalue weighted by molar-refractivity contribution is -0.144. The van der Waals surface area contributed by atoms with Crippen LogP contribution in [-0.4, -0.2) is 139 Å². The Morgan fingerprint density at radius 2 is 1.42 bits per heavy atom. The van der Waals surface area contributed by atoms with E-state index >= 15 is 0 Å². The Labute approximate surface area is 415 Å². The number of nitrogens with one attached hydrogen (secondary N) is 2. The minimum absolute atomic E-state index is 0.0659. The van der Waals surface area contributed by atoms with Gasteiger partial charge in [-0.25, -0.2) is 9.78 Å². The number of pyridine rings is 1. The molecule has 20 nitrogen and oxygen atoms in total. The Bertz CT molecular complexity index is 2330. The maximum atomic E-state index is 13.9. The molecule has 1 heterocycles. The van der Waals surface area contributed by atoms with Crippen LogP contribution in [0.4, 0.5) is 10.6 Å². The average Bonchev–Trinajstić information content (AvgIpc) is 3.34. The Morgan fingerprint density at radius 1 is 0.817 bits per heavy atom. The number of esters is 2. The van der Waals surface area contributed by atoms with Crippen molar-refractivity contribution in [3.63, 3.8) is 0 Å². The van der Waals surface area contributed by atoms with E-state index in [-0.39, 0.29) is 32.4 Å². The number of methoxy groups -OCH3 is 2. The fourth-order valence-corrected chi connectivity index (χ4v) is 6.63. The lowest BCUT2D eigenvalue weighted by Crippen LogP contribution is -2.51. The number of carbonyl (C=O) groups excluding carboxylic acids is 5. The summed E-state index contributed by atoms with van der Waals surface area (Å²) in [6.07, 6.45) is 5.56. The molecule has 0 aliphatic carbocycles. The fraction of sp³-hybridized carbons (Fsp3) is 0.490. The highest BCUT2D eigenvalue weighted by Gasteiger charge is 2.29. The Balaban J connectivity index is 1.63. The van der Waals surface area contributed by atoms with Crippen LogP contribution in [-0.2, 0) is 52.3 Å². The molecule has 0 saturated heterocycles. The van der Waals surface area contributed by atoms with Crippen molar-refractivity contribution in [2.45, 2.75) is 78.0 Å². The van der Waals surface area contributed by atoms with Crippen LogP contribution in [0.1, 0.15) is 64.5 Å². The quantitative estimate of drug-likeness (QED) is 0.0120. The van der Waals surface area contributed by atoms with Crippen LogP contribution in [0.2, 0.25) is 0 Å². The zero-order valence-corrected chi connectivity index (χ0v) is 41.9. The van der Waals surface area contributed by atoms with Crippen molar-refractivity contribution in [2.24, 2.45) is 5.11 Å². The molecule has 0 bridgehead atoms. The van der Waals surface area contributed by atoms with Gasteiger partial charge in [-0.15, -0.1) is 0 Å². The van der Waals surface area contributed by atoms with Gasteiger partial charge < -0.3 is 48.5 Å². The molecule has 0 saturated carbocycles. The first-order valence-corrected chi connectivity index (χ1v) is 23.3. The van der Waals surface area contributed by atoms with Gasteiger partial charge in [-0.05, 0) is 92.4 Å². The normalized spacial score (nSPS) is 12.4. The summed E-state index contributed by atoms with van der Waals surface area (Å²) in [4.78, 5) is 73.8. The number of aromatic nitrogens is 1. The van der Waals surface area contributed by atoms with Crippen molar-refractivity contribution in [1.29, 1.82) is 0 Å². The van der Waals surface area contributed by atoms with Crippen LogP contribution in [0.25, 0.3) is 26.8 Å². The maximum absolute atomic E-state index is 13.9. The van der Waals surface area contributed by atoms with E-state index in [1.807, 2.05) is 62.4 Å². The highest BCUT2D eigenvalue weighted by atomic mass is 16.6. The number of amides is 3. The number of allylic oxidation sites excluding steroid dienone is 3. The second kappa shape index (κ2) is 32.1. The summed E-state index contributed by atoms with van der Waals surface area (Å²) in [5.41, 5.74) is 10.4. The third-order valence-electron chi connectivity index (χ3n) is 10.2. The first-order chi connectivity index (χ1) is 34.1. The number of fused-ring (bicyclic) bond motifs is 1. The molecule has 3 amide bonds. The van der Waals surface area contributed by atoms with E-state index in [9.17, 15) is 24.0 Å². The predicted octanol–water partition coefficient (Wildman–Crippen LogP) is 7.13. The van der Waals surface area contributed by atoms with Crippen molar-refractivity contribution in [3.05, 3.63) is 107 Å². The third kappa shape index (κ3) is 22.2. The second-order valence-corrected chi connectivity index (χ2v) is 16.7. The number of nitrogens with zero attached hydrogens (tertiary/aromatic N) is 5. The minimum atomic E-state index is -1.39. The summed E-state index contributed by atoms with van der Waals surface area (Å²) in [6, 6.07) is 12.7. The third-order valence-corrected chi connectivity index (χ3v) is 10.2. The molecule has 0 spiro atoms. The topological polar surface area (TPSA) is 248 Å². The number of hydrogen-bond donors (Lipinski definition) is 2. The van der Waals surface area contributed by atoms with Gasteiger partial charge in [0, 0.05) is 36.0 Å². The summed E-state index contributed by atoms with van der Waals surface area (Å²) in [6.45, 7) is 16.9. The predicted molar refractivity (Wildman–Crippen MR) is 268 cm³/mol. The van der Waals surface area contributed by atoms with Crippen molar-refractivity contribution in [2.75, 3.05) is 91.7 Å². The summed E-state index contributed by atoms with van der Waals surface area (Å²) >= 11 is 0. The van der Waals surface area contributed by atoms with E-state index in [0.717, 1.165) is 34.6 Å². The van der Waals surface area contributed by atoms with Gasteiger partial charge in [0.2, 0.25) is 11.8 Å². The Hall–Kier alpha value is -6.83. The lowest BCUT2D eigenvalue weighted by Gasteiger charge is -2.27. The molecule has 1 aromatic heterocycles. The molecule has 0 radical (unpaired) electrons.